The van der Waals surface area contributed by atoms with Crippen molar-refractivity contribution in [2.24, 2.45) is 5.92 Å². The van der Waals surface area contributed by atoms with Gasteiger partial charge in [0.05, 0.1) is 0 Å². The number of nitrogens with zero attached hydrogens (tertiary/aromatic N) is 3. The summed E-state index contributed by atoms with van der Waals surface area (Å²) in [5.41, 5.74) is 0.662. The number of hydrogen-bond donors (Lipinski definition) is 2. The number of carbonyl (C=O) groups is 3. The van der Waals surface area contributed by atoms with Crippen LogP contribution >= 0.6 is 11.3 Å². The van der Waals surface area contributed by atoms with E-state index in [4.69, 9.17) is 0 Å². The Bertz CT molecular complexity index is 918. The molecule has 0 unspecified atom stereocenters. The molecule has 9 heteroatoms. The summed E-state index contributed by atoms with van der Waals surface area (Å²) in [6, 6.07) is 9.42. The molecule has 1 aromatic carbocycles. The first-order valence-corrected chi connectivity index (χ1v) is 11.7. The summed E-state index contributed by atoms with van der Waals surface area (Å²) >= 11 is 1.00. The Kier molecular flexibility index (Phi) is 6.91. The molecule has 0 atom stereocenters. The number of likely N-dealkylation sites (tertiary alicyclic amines) is 1. The van der Waals surface area contributed by atoms with Gasteiger partial charge in [0.15, 0.2) is 0 Å². The van der Waals surface area contributed by atoms with Gasteiger partial charge in [0.1, 0.15) is 0 Å². The van der Waals surface area contributed by atoms with Gasteiger partial charge in [-0.1, -0.05) is 42.4 Å². The van der Waals surface area contributed by atoms with Crippen LogP contribution in [-0.2, 0) is 4.79 Å². The molecule has 1 aromatic heterocycles. The van der Waals surface area contributed by atoms with Gasteiger partial charge in [0.25, 0.3) is 11.8 Å². The van der Waals surface area contributed by atoms with Gasteiger partial charge in [-0.05, 0) is 43.7 Å². The van der Waals surface area contributed by atoms with Crippen molar-refractivity contribution >= 4 is 34.7 Å². The van der Waals surface area contributed by atoms with Crippen molar-refractivity contribution in [2.45, 2.75) is 51.0 Å². The molecule has 2 heterocycles. The zero-order valence-electron chi connectivity index (χ0n) is 17.4. The molecule has 4 rings (SSSR count). The summed E-state index contributed by atoms with van der Waals surface area (Å²) in [4.78, 5) is 39.1. The van der Waals surface area contributed by atoms with Crippen LogP contribution in [0.2, 0.25) is 0 Å². The second-order valence-corrected chi connectivity index (χ2v) is 9.20. The molecule has 0 radical (unpaired) electrons. The average molecular weight is 442 g/mol. The van der Waals surface area contributed by atoms with Crippen LogP contribution in [0.25, 0.3) is 0 Å². The van der Waals surface area contributed by atoms with E-state index in [9.17, 15) is 14.4 Å². The van der Waals surface area contributed by atoms with Crippen molar-refractivity contribution in [3.63, 3.8) is 0 Å². The van der Waals surface area contributed by atoms with Gasteiger partial charge in [-0.3, -0.25) is 14.4 Å². The average Bonchev–Trinajstić information content (AvgIpc) is 3.47. The first kappa shape index (κ1) is 21.4. The number of carbonyl (C=O) groups excluding carboxylic acids is 3. The molecule has 0 bridgehead atoms. The van der Waals surface area contributed by atoms with Crippen LogP contribution in [0.4, 0.5) is 5.69 Å². The van der Waals surface area contributed by atoms with Gasteiger partial charge in [-0.15, -0.1) is 10.2 Å². The number of hydrogen-bond acceptors (Lipinski definition) is 6. The van der Waals surface area contributed by atoms with Crippen molar-refractivity contribution in [3.05, 3.63) is 40.3 Å². The first-order valence-electron chi connectivity index (χ1n) is 10.9. The molecule has 0 spiro atoms. The molecule has 1 aliphatic carbocycles. The minimum Gasteiger partial charge on any atom is -0.353 e. The minimum atomic E-state index is -0.380. The summed E-state index contributed by atoms with van der Waals surface area (Å²) in [5, 5.41) is 14.1. The van der Waals surface area contributed by atoms with Gasteiger partial charge >= 0.3 is 0 Å². The fourth-order valence-corrected chi connectivity index (χ4v) is 4.91. The van der Waals surface area contributed by atoms with Crippen molar-refractivity contribution in [2.75, 3.05) is 18.4 Å². The van der Waals surface area contributed by atoms with Crippen LogP contribution in [0.15, 0.2) is 30.3 Å². The van der Waals surface area contributed by atoms with Gasteiger partial charge in [0, 0.05) is 31.2 Å². The number of para-hydroxylation sites is 1. The van der Waals surface area contributed by atoms with E-state index in [-0.39, 0.29) is 27.7 Å². The number of nitrogens with one attached hydrogen (secondary N) is 2. The highest BCUT2D eigenvalue weighted by molar-refractivity contribution is 7.15. The number of piperidine rings is 1. The van der Waals surface area contributed by atoms with Crippen LogP contribution in [-0.4, -0.2) is 52.0 Å². The third-order valence-electron chi connectivity index (χ3n) is 5.93. The second kappa shape index (κ2) is 10.00. The molecular weight excluding hydrogens is 414 g/mol. The second-order valence-electron chi connectivity index (χ2n) is 8.22. The quantitative estimate of drug-likeness (QED) is 0.717. The van der Waals surface area contributed by atoms with Crippen LogP contribution in [0, 0.1) is 5.92 Å². The number of aromatic nitrogens is 2. The number of rotatable bonds is 6. The van der Waals surface area contributed by atoms with Gasteiger partial charge in [-0.25, -0.2) is 0 Å². The maximum atomic E-state index is 12.8. The Morgan fingerprint density at radius 1 is 0.968 bits per heavy atom. The van der Waals surface area contributed by atoms with Crippen molar-refractivity contribution in [1.29, 1.82) is 0 Å². The highest BCUT2D eigenvalue weighted by Crippen LogP contribution is 2.24. The Labute approximate surface area is 185 Å². The summed E-state index contributed by atoms with van der Waals surface area (Å²) in [6.45, 7) is 1.18. The topological polar surface area (TPSA) is 104 Å². The number of amides is 3. The lowest BCUT2D eigenvalue weighted by Crippen LogP contribution is -2.40. The van der Waals surface area contributed by atoms with Crippen LogP contribution in [0.5, 0.6) is 0 Å². The molecule has 8 nitrogen and oxygen atoms in total. The molecule has 2 aromatic rings. The maximum Gasteiger partial charge on any atom is 0.286 e. The van der Waals surface area contributed by atoms with E-state index >= 15 is 0 Å². The summed E-state index contributed by atoms with van der Waals surface area (Å²) in [5.74, 6) is -0.151. The smallest absolute Gasteiger partial charge is 0.286 e. The molecule has 2 aliphatic rings. The van der Waals surface area contributed by atoms with Crippen molar-refractivity contribution in [3.8, 4) is 0 Å². The highest BCUT2D eigenvalue weighted by atomic mass is 32.1. The molecule has 1 saturated carbocycles. The van der Waals surface area contributed by atoms with Gasteiger partial charge < -0.3 is 15.5 Å². The summed E-state index contributed by atoms with van der Waals surface area (Å²) in [6.07, 6.45) is 6.70. The first-order chi connectivity index (χ1) is 15.1. The fraction of sp³-hybridized carbons (Fsp3) is 0.500. The third-order valence-corrected chi connectivity index (χ3v) is 6.84. The zero-order chi connectivity index (χ0) is 21.6. The van der Waals surface area contributed by atoms with E-state index in [1.165, 1.54) is 12.8 Å². The van der Waals surface area contributed by atoms with Crippen LogP contribution in [0.1, 0.15) is 64.6 Å². The molecule has 164 valence electrons. The largest absolute Gasteiger partial charge is 0.353 e. The van der Waals surface area contributed by atoms with Gasteiger partial charge in [0.2, 0.25) is 15.9 Å². The minimum absolute atomic E-state index is 0.134. The lowest BCUT2D eigenvalue weighted by molar-refractivity contribution is -0.123. The SMILES string of the molecule is O=C(CC1CCN(C(=O)c2nnc(C(=O)Nc3ccccc3)s2)CC1)NC1CCCC1. The zero-order valence-corrected chi connectivity index (χ0v) is 18.2. The highest BCUT2D eigenvalue weighted by Gasteiger charge is 2.28. The van der Waals surface area contributed by atoms with Crippen LogP contribution in [0.3, 0.4) is 0 Å². The van der Waals surface area contributed by atoms with Crippen LogP contribution < -0.4 is 10.6 Å². The number of benzene rings is 1. The van der Waals surface area contributed by atoms with E-state index < -0.39 is 0 Å². The lowest BCUT2D eigenvalue weighted by Gasteiger charge is -2.31. The maximum absolute atomic E-state index is 12.8. The number of anilines is 1. The normalized spacial score (nSPS) is 17.5. The predicted molar refractivity (Wildman–Crippen MR) is 118 cm³/mol. The fourth-order valence-electron chi connectivity index (χ4n) is 4.20. The standard InChI is InChI=1S/C22H27N5O3S/c28-18(23-16-8-4-5-9-16)14-15-10-12-27(13-11-15)22(30)21-26-25-20(31-21)19(29)24-17-6-2-1-3-7-17/h1-3,6-7,15-16H,4-5,8-14H2,(H,23,28)(H,24,29). The Morgan fingerprint density at radius 2 is 1.65 bits per heavy atom. The monoisotopic (exact) mass is 441 g/mol. The van der Waals surface area contributed by atoms with E-state index in [0.29, 0.717) is 37.2 Å². The third kappa shape index (κ3) is 5.66. The molecule has 1 aliphatic heterocycles. The lowest BCUT2D eigenvalue weighted by atomic mass is 9.93. The Balaban J connectivity index is 1.25. The van der Waals surface area contributed by atoms with Crippen molar-refractivity contribution < 1.29 is 14.4 Å². The van der Waals surface area contributed by atoms with E-state index in [1.54, 1.807) is 17.0 Å². The summed E-state index contributed by atoms with van der Waals surface area (Å²) in [7, 11) is 0. The molecule has 31 heavy (non-hydrogen) atoms. The van der Waals surface area contributed by atoms with Crippen molar-refractivity contribution in [1.82, 2.24) is 20.4 Å². The molecule has 3 amide bonds. The van der Waals surface area contributed by atoms with E-state index in [0.717, 1.165) is 37.0 Å². The summed E-state index contributed by atoms with van der Waals surface area (Å²) < 4.78 is 0. The molecular formula is C22H27N5O3S. The molecule has 2 N–H and O–H groups in total. The Morgan fingerprint density at radius 3 is 2.35 bits per heavy atom. The van der Waals surface area contributed by atoms with Gasteiger partial charge in [-0.2, -0.15) is 0 Å². The Hall–Kier alpha value is -2.81. The molecule has 1 saturated heterocycles. The van der Waals surface area contributed by atoms with E-state index in [2.05, 4.69) is 20.8 Å². The predicted octanol–water partition coefficient (Wildman–Crippen LogP) is 3.09. The molecule has 2 fully saturated rings. The van der Waals surface area contributed by atoms with E-state index in [1.807, 2.05) is 18.2 Å².